The van der Waals surface area contributed by atoms with Crippen molar-refractivity contribution in [2.75, 3.05) is 26.2 Å². The predicted octanol–water partition coefficient (Wildman–Crippen LogP) is 1.22. The number of rotatable bonds is 5. The molecule has 0 bridgehead atoms. The van der Waals surface area contributed by atoms with Gasteiger partial charge in [-0.1, -0.05) is 11.6 Å². The van der Waals surface area contributed by atoms with E-state index in [1.54, 1.807) is 18.2 Å². The van der Waals surface area contributed by atoms with Gasteiger partial charge in [-0.2, -0.15) is 0 Å². The molecule has 1 heterocycles. The summed E-state index contributed by atoms with van der Waals surface area (Å²) in [6.45, 7) is 7.67. The lowest BCUT2D eigenvalue weighted by Gasteiger charge is -2.32. The summed E-state index contributed by atoms with van der Waals surface area (Å²) < 4.78 is 11.4. The van der Waals surface area contributed by atoms with E-state index >= 15 is 0 Å². The van der Waals surface area contributed by atoms with Gasteiger partial charge in [-0.3, -0.25) is 4.79 Å². The second-order valence-corrected chi connectivity index (χ2v) is 5.75. The second-order valence-electron chi connectivity index (χ2n) is 5.31. The lowest BCUT2D eigenvalue weighted by Crippen LogP contribution is -3.16. The molecule has 4 nitrogen and oxygen atoms in total. The molecule has 0 aliphatic carbocycles. The molecule has 110 valence electrons. The van der Waals surface area contributed by atoms with E-state index in [4.69, 9.17) is 21.1 Å². The number of carbonyl (C=O) groups is 1. The van der Waals surface area contributed by atoms with Crippen LogP contribution in [0.1, 0.15) is 24.2 Å². The van der Waals surface area contributed by atoms with Crippen molar-refractivity contribution in [1.29, 1.82) is 0 Å². The summed E-state index contributed by atoms with van der Waals surface area (Å²) in [4.78, 5) is 12.4. The molecule has 1 aliphatic heterocycles. The van der Waals surface area contributed by atoms with E-state index < -0.39 is 0 Å². The first-order chi connectivity index (χ1) is 9.58. The highest BCUT2D eigenvalue weighted by atomic mass is 35.5. The maximum absolute atomic E-state index is 11.0. The normalized spacial score (nSPS) is 26.2. The molecular formula is C15H21ClNO3+. The summed E-state index contributed by atoms with van der Waals surface area (Å²) in [6, 6.07) is 5.09. The standard InChI is InChI=1S/C15H20ClNO3/c1-11-8-17(9-12(2)20-11)5-6-19-15-4-3-14(16)7-13(15)10-18/h3-4,7,10-12H,5-6,8-9H2,1-2H3/p+1/t11-,12-/m1/s1. The van der Waals surface area contributed by atoms with Crippen LogP contribution < -0.4 is 9.64 Å². The minimum absolute atomic E-state index is 0.287. The number of aldehydes is 1. The van der Waals surface area contributed by atoms with Gasteiger partial charge in [-0.05, 0) is 32.0 Å². The van der Waals surface area contributed by atoms with Gasteiger partial charge in [0.05, 0.1) is 5.56 Å². The van der Waals surface area contributed by atoms with Gasteiger partial charge in [0.1, 0.15) is 44.2 Å². The van der Waals surface area contributed by atoms with Crippen LogP contribution in [0.25, 0.3) is 0 Å². The van der Waals surface area contributed by atoms with Gasteiger partial charge in [0, 0.05) is 5.02 Å². The molecule has 2 atom stereocenters. The minimum Gasteiger partial charge on any atom is -0.487 e. The molecule has 5 heteroatoms. The number of ether oxygens (including phenoxy) is 2. The van der Waals surface area contributed by atoms with Crippen molar-refractivity contribution in [3.63, 3.8) is 0 Å². The zero-order chi connectivity index (χ0) is 14.5. The van der Waals surface area contributed by atoms with Gasteiger partial charge >= 0.3 is 0 Å². The molecule has 0 amide bonds. The number of halogens is 1. The highest BCUT2D eigenvalue weighted by Crippen LogP contribution is 2.20. The molecule has 20 heavy (non-hydrogen) atoms. The average Bonchev–Trinajstić information content (AvgIpc) is 2.39. The van der Waals surface area contributed by atoms with E-state index in [1.165, 1.54) is 4.90 Å². The third-order valence-corrected chi connectivity index (χ3v) is 3.66. The summed E-state index contributed by atoms with van der Waals surface area (Å²) in [6.07, 6.45) is 1.34. The summed E-state index contributed by atoms with van der Waals surface area (Å²) in [5.41, 5.74) is 0.496. The van der Waals surface area contributed by atoms with Crippen molar-refractivity contribution < 1.29 is 19.2 Å². The van der Waals surface area contributed by atoms with Crippen LogP contribution in [0.15, 0.2) is 18.2 Å². The maximum Gasteiger partial charge on any atom is 0.153 e. The highest BCUT2D eigenvalue weighted by Gasteiger charge is 2.25. The molecule has 0 saturated carbocycles. The lowest BCUT2D eigenvalue weighted by atomic mass is 10.2. The Kier molecular flexibility index (Phi) is 5.40. The van der Waals surface area contributed by atoms with Crippen LogP contribution in [0.4, 0.5) is 0 Å². The number of benzene rings is 1. The average molecular weight is 299 g/mol. The fourth-order valence-corrected chi connectivity index (χ4v) is 2.82. The molecule has 1 aromatic carbocycles. The van der Waals surface area contributed by atoms with Crippen molar-refractivity contribution in [2.24, 2.45) is 0 Å². The van der Waals surface area contributed by atoms with Crippen molar-refractivity contribution in [1.82, 2.24) is 0 Å². The van der Waals surface area contributed by atoms with Crippen LogP contribution >= 0.6 is 11.6 Å². The molecular weight excluding hydrogens is 278 g/mol. The number of carbonyl (C=O) groups excluding carboxylic acids is 1. The quantitative estimate of drug-likeness (QED) is 0.831. The molecule has 1 aliphatic rings. The molecule has 0 unspecified atom stereocenters. The van der Waals surface area contributed by atoms with E-state index in [0.717, 1.165) is 25.9 Å². The summed E-state index contributed by atoms with van der Waals surface area (Å²) in [5.74, 6) is 0.596. The van der Waals surface area contributed by atoms with Crippen molar-refractivity contribution in [2.45, 2.75) is 26.1 Å². The molecule has 0 aromatic heterocycles. The Morgan fingerprint density at radius 2 is 2.10 bits per heavy atom. The number of morpholine rings is 1. The third-order valence-electron chi connectivity index (χ3n) is 3.43. The SMILES string of the molecule is C[C@@H]1C[NH+](CCOc2ccc(Cl)cc2C=O)C[C@@H](C)O1. The van der Waals surface area contributed by atoms with Crippen LogP contribution in [-0.4, -0.2) is 44.7 Å². The van der Waals surface area contributed by atoms with Crippen LogP contribution in [-0.2, 0) is 4.74 Å². The summed E-state index contributed by atoms with van der Waals surface area (Å²) in [7, 11) is 0. The molecule has 1 fully saturated rings. The van der Waals surface area contributed by atoms with E-state index in [1.807, 2.05) is 0 Å². The first kappa shape index (κ1) is 15.3. The van der Waals surface area contributed by atoms with Crippen LogP contribution in [0.3, 0.4) is 0 Å². The molecule has 1 saturated heterocycles. The van der Waals surface area contributed by atoms with E-state index in [0.29, 0.717) is 22.9 Å². The summed E-state index contributed by atoms with van der Waals surface area (Å²) in [5, 5.41) is 0.543. The first-order valence-corrected chi connectivity index (χ1v) is 7.33. The number of hydrogen-bond donors (Lipinski definition) is 1. The van der Waals surface area contributed by atoms with E-state index in [2.05, 4.69) is 13.8 Å². The Balaban J connectivity index is 1.85. The van der Waals surface area contributed by atoms with Gasteiger partial charge in [0.15, 0.2) is 6.29 Å². The Bertz CT molecular complexity index is 456. The van der Waals surface area contributed by atoms with Crippen molar-refractivity contribution in [3.8, 4) is 5.75 Å². The number of hydrogen-bond acceptors (Lipinski definition) is 3. The van der Waals surface area contributed by atoms with Crippen molar-refractivity contribution >= 4 is 17.9 Å². The van der Waals surface area contributed by atoms with Crippen LogP contribution in [0.2, 0.25) is 5.02 Å². The largest absolute Gasteiger partial charge is 0.487 e. The monoisotopic (exact) mass is 298 g/mol. The Hall–Kier alpha value is -1.10. The minimum atomic E-state index is 0.287. The fraction of sp³-hybridized carbons (Fsp3) is 0.533. The Morgan fingerprint density at radius 3 is 2.75 bits per heavy atom. The molecule has 1 aromatic rings. The second kappa shape index (κ2) is 7.07. The smallest absolute Gasteiger partial charge is 0.153 e. The third kappa shape index (κ3) is 4.20. The number of nitrogens with one attached hydrogen (secondary N) is 1. The Morgan fingerprint density at radius 1 is 1.40 bits per heavy atom. The molecule has 2 rings (SSSR count). The number of quaternary nitrogens is 1. The maximum atomic E-state index is 11.0. The molecule has 0 spiro atoms. The molecule has 1 N–H and O–H groups in total. The van der Waals surface area contributed by atoms with Crippen molar-refractivity contribution in [3.05, 3.63) is 28.8 Å². The lowest BCUT2D eigenvalue weighted by molar-refractivity contribution is -0.915. The van der Waals surface area contributed by atoms with Gasteiger partial charge in [-0.15, -0.1) is 0 Å². The van der Waals surface area contributed by atoms with Crippen LogP contribution in [0.5, 0.6) is 5.75 Å². The topological polar surface area (TPSA) is 40.0 Å². The Labute approximate surface area is 124 Å². The van der Waals surface area contributed by atoms with Gasteiger partial charge < -0.3 is 14.4 Å². The molecule has 0 radical (unpaired) electrons. The van der Waals surface area contributed by atoms with Crippen LogP contribution in [0, 0.1) is 0 Å². The van der Waals surface area contributed by atoms with E-state index in [-0.39, 0.29) is 12.2 Å². The summed E-state index contributed by atoms with van der Waals surface area (Å²) >= 11 is 5.85. The predicted molar refractivity (Wildman–Crippen MR) is 77.9 cm³/mol. The first-order valence-electron chi connectivity index (χ1n) is 6.95. The van der Waals surface area contributed by atoms with Gasteiger partial charge in [-0.25, -0.2) is 0 Å². The highest BCUT2D eigenvalue weighted by molar-refractivity contribution is 6.30. The van der Waals surface area contributed by atoms with E-state index in [9.17, 15) is 4.79 Å². The fourth-order valence-electron chi connectivity index (χ4n) is 2.64. The van der Waals surface area contributed by atoms with Gasteiger partial charge in [0.25, 0.3) is 0 Å². The zero-order valence-corrected chi connectivity index (χ0v) is 12.7. The zero-order valence-electron chi connectivity index (χ0n) is 11.9. The van der Waals surface area contributed by atoms with Gasteiger partial charge in [0.2, 0.25) is 0 Å².